The van der Waals surface area contributed by atoms with Gasteiger partial charge in [0.15, 0.2) is 0 Å². The molecule has 2 aromatic carbocycles. The van der Waals surface area contributed by atoms with Crippen LogP contribution >= 0.6 is 23.2 Å². The van der Waals surface area contributed by atoms with Crippen LogP contribution in [0.4, 0.5) is 10.1 Å². The molecule has 0 saturated carbocycles. The van der Waals surface area contributed by atoms with Crippen LogP contribution in [-0.2, 0) is 22.7 Å². The van der Waals surface area contributed by atoms with Crippen LogP contribution in [0, 0.1) is 5.82 Å². The van der Waals surface area contributed by atoms with Crippen molar-refractivity contribution < 1.29 is 18.8 Å². The fourth-order valence-corrected chi connectivity index (χ4v) is 5.31. The van der Waals surface area contributed by atoms with E-state index in [0.29, 0.717) is 27.7 Å². The predicted octanol–water partition coefficient (Wildman–Crippen LogP) is 3.22. The molecule has 5 rings (SSSR count). The van der Waals surface area contributed by atoms with Gasteiger partial charge in [-0.05, 0) is 24.6 Å². The first kappa shape index (κ1) is 23.1. The highest BCUT2D eigenvalue weighted by Crippen LogP contribution is 2.34. The number of benzene rings is 2. The normalized spacial score (nSPS) is 21.1. The summed E-state index contributed by atoms with van der Waals surface area (Å²) in [6.07, 6.45) is 0.413. The number of amides is 3. The number of carbonyl (C=O) groups is 3. The Bertz CT molecular complexity index is 1180. The van der Waals surface area contributed by atoms with Crippen molar-refractivity contribution in [1.82, 2.24) is 15.1 Å². The smallest absolute Gasteiger partial charge is 0.255 e. The first-order chi connectivity index (χ1) is 16.3. The first-order valence-electron chi connectivity index (χ1n) is 11.2. The summed E-state index contributed by atoms with van der Waals surface area (Å²) in [6.45, 7) is 3.36. The van der Waals surface area contributed by atoms with Crippen molar-refractivity contribution in [3.05, 3.63) is 62.9 Å². The lowest BCUT2D eigenvalue weighted by molar-refractivity contribution is -0.136. The topological polar surface area (TPSA) is 73.0 Å². The Morgan fingerprint density at radius 3 is 2.53 bits per heavy atom. The number of piperidine rings is 1. The summed E-state index contributed by atoms with van der Waals surface area (Å²) < 4.78 is 15.4. The van der Waals surface area contributed by atoms with E-state index in [1.807, 2.05) is 12.1 Å². The number of halogens is 3. The van der Waals surface area contributed by atoms with Crippen molar-refractivity contribution in [1.29, 1.82) is 0 Å². The number of hydrogen-bond acceptors (Lipinski definition) is 5. The number of carbonyl (C=O) groups excluding carboxylic acids is 3. The number of imide groups is 1. The van der Waals surface area contributed by atoms with Crippen molar-refractivity contribution in [3.8, 4) is 0 Å². The van der Waals surface area contributed by atoms with Crippen LogP contribution in [-0.4, -0.2) is 59.7 Å². The number of rotatable bonds is 4. The average molecular weight is 505 g/mol. The van der Waals surface area contributed by atoms with Gasteiger partial charge in [-0.25, -0.2) is 4.39 Å². The molecule has 1 N–H and O–H groups in total. The number of nitrogens with one attached hydrogen (secondary N) is 1. The standard InChI is InChI=1S/C24H23Cl2FN4O3/c25-17-2-1-3-18(21(17)26)30-10-8-29(9-11-30)12-14-4-5-15-16(22(14)27)13-31(24(15)34)19-6-7-20(32)28-23(19)33/h1-5,19H,6-13H2,(H,28,32,33). The Labute approximate surface area is 206 Å². The maximum absolute atomic E-state index is 15.4. The molecule has 7 nitrogen and oxygen atoms in total. The maximum Gasteiger partial charge on any atom is 0.255 e. The van der Waals surface area contributed by atoms with E-state index in [1.165, 1.54) is 4.90 Å². The molecule has 1 atom stereocenters. The highest BCUT2D eigenvalue weighted by molar-refractivity contribution is 6.43. The van der Waals surface area contributed by atoms with Gasteiger partial charge in [-0.2, -0.15) is 0 Å². The van der Waals surface area contributed by atoms with E-state index in [4.69, 9.17) is 23.2 Å². The molecule has 2 aromatic rings. The van der Waals surface area contributed by atoms with Crippen molar-refractivity contribution >= 4 is 46.6 Å². The minimum Gasteiger partial charge on any atom is -0.368 e. The first-order valence-corrected chi connectivity index (χ1v) is 12.0. The molecule has 2 fully saturated rings. The quantitative estimate of drug-likeness (QED) is 0.647. The molecule has 0 radical (unpaired) electrons. The van der Waals surface area contributed by atoms with E-state index >= 15 is 4.39 Å². The maximum atomic E-state index is 15.4. The van der Waals surface area contributed by atoms with E-state index in [-0.39, 0.29) is 36.8 Å². The Morgan fingerprint density at radius 2 is 1.79 bits per heavy atom. The molecule has 0 aliphatic carbocycles. The van der Waals surface area contributed by atoms with Crippen molar-refractivity contribution in [2.45, 2.75) is 32.0 Å². The molecule has 1 unspecified atom stereocenters. The van der Waals surface area contributed by atoms with Gasteiger partial charge in [0.2, 0.25) is 11.8 Å². The van der Waals surface area contributed by atoms with Crippen molar-refractivity contribution in [2.75, 3.05) is 31.1 Å². The van der Waals surface area contributed by atoms with Gasteiger partial charge in [-0.15, -0.1) is 0 Å². The van der Waals surface area contributed by atoms with Gasteiger partial charge in [-0.3, -0.25) is 24.6 Å². The summed E-state index contributed by atoms with van der Waals surface area (Å²) in [5.74, 6) is -1.63. The van der Waals surface area contributed by atoms with Gasteiger partial charge < -0.3 is 9.80 Å². The van der Waals surface area contributed by atoms with Crippen LogP contribution in [0.3, 0.4) is 0 Å². The van der Waals surface area contributed by atoms with Crippen LogP contribution in [0.25, 0.3) is 0 Å². The van der Waals surface area contributed by atoms with E-state index in [0.717, 1.165) is 31.9 Å². The monoisotopic (exact) mass is 504 g/mol. The third-order valence-electron chi connectivity index (χ3n) is 6.77. The third kappa shape index (κ3) is 4.15. The van der Waals surface area contributed by atoms with Crippen LogP contribution in [0.5, 0.6) is 0 Å². The highest BCUT2D eigenvalue weighted by Gasteiger charge is 2.40. The van der Waals surface area contributed by atoms with Crippen LogP contribution in [0.2, 0.25) is 10.0 Å². The van der Waals surface area contributed by atoms with Gasteiger partial charge in [-0.1, -0.05) is 35.3 Å². The van der Waals surface area contributed by atoms with Gasteiger partial charge in [0, 0.05) is 55.8 Å². The molecule has 0 spiro atoms. The zero-order valence-corrected chi connectivity index (χ0v) is 19.8. The second-order valence-corrected chi connectivity index (χ2v) is 9.59. The lowest BCUT2D eigenvalue weighted by atomic mass is 10.0. The molecule has 10 heteroatoms. The van der Waals surface area contributed by atoms with E-state index < -0.39 is 17.8 Å². The number of anilines is 1. The largest absolute Gasteiger partial charge is 0.368 e. The van der Waals surface area contributed by atoms with Crippen LogP contribution < -0.4 is 10.2 Å². The zero-order chi connectivity index (χ0) is 24.0. The molecule has 34 heavy (non-hydrogen) atoms. The molecule has 0 bridgehead atoms. The molecule has 178 valence electrons. The Hall–Kier alpha value is -2.68. The summed E-state index contributed by atoms with van der Waals surface area (Å²) in [7, 11) is 0. The summed E-state index contributed by atoms with van der Waals surface area (Å²) in [5, 5.41) is 3.31. The molecule has 3 aliphatic rings. The summed E-state index contributed by atoms with van der Waals surface area (Å²) >= 11 is 12.5. The SMILES string of the molecule is O=C1CCC(N2Cc3c(ccc(CN4CCN(c5cccc(Cl)c5Cl)CC4)c3F)C2=O)C(=O)N1. The molecule has 0 aromatic heterocycles. The Morgan fingerprint density at radius 1 is 1.03 bits per heavy atom. The molecule has 3 heterocycles. The molecule has 3 amide bonds. The van der Waals surface area contributed by atoms with Gasteiger partial charge >= 0.3 is 0 Å². The lowest BCUT2D eigenvalue weighted by Gasteiger charge is -2.36. The van der Waals surface area contributed by atoms with Gasteiger partial charge in [0.05, 0.1) is 22.3 Å². The van der Waals surface area contributed by atoms with Crippen molar-refractivity contribution in [2.24, 2.45) is 0 Å². The molecule has 3 aliphatic heterocycles. The van der Waals surface area contributed by atoms with Crippen LogP contribution in [0.1, 0.15) is 34.3 Å². The summed E-state index contributed by atoms with van der Waals surface area (Å²) in [5.41, 5.74) is 2.01. The predicted molar refractivity (Wildman–Crippen MR) is 126 cm³/mol. The number of piperazine rings is 1. The second-order valence-electron chi connectivity index (χ2n) is 8.80. The second kappa shape index (κ2) is 9.17. The minimum absolute atomic E-state index is 0.0289. The van der Waals surface area contributed by atoms with Crippen molar-refractivity contribution in [3.63, 3.8) is 0 Å². The van der Waals surface area contributed by atoms with Crippen LogP contribution in [0.15, 0.2) is 30.3 Å². The highest BCUT2D eigenvalue weighted by atomic mass is 35.5. The van der Waals surface area contributed by atoms with E-state index in [1.54, 1.807) is 18.2 Å². The lowest BCUT2D eigenvalue weighted by Crippen LogP contribution is -2.52. The molecule has 2 saturated heterocycles. The number of hydrogen-bond donors (Lipinski definition) is 1. The summed E-state index contributed by atoms with van der Waals surface area (Å²) in [4.78, 5) is 42.2. The molecular formula is C24H23Cl2FN4O3. The Kier molecular flexibility index (Phi) is 6.22. The molecular weight excluding hydrogens is 482 g/mol. The zero-order valence-electron chi connectivity index (χ0n) is 18.3. The summed E-state index contributed by atoms with van der Waals surface area (Å²) in [6, 6.07) is 8.10. The number of nitrogens with zero attached hydrogens (tertiary/aromatic N) is 3. The van der Waals surface area contributed by atoms with Gasteiger partial charge in [0.1, 0.15) is 11.9 Å². The fraction of sp³-hybridized carbons (Fsp3) is 0.375. The van der Waals surface area contributed by atoms with Gasteiger partial charge in [0.25, 0.3) is 5.91 Å². The average Bonchev–Trinajstić information content (AvgIpc) is 3.15. The van der Waals surface area contributed by atoms with E-state index in [9.17, 15) is 14.4 Å². The van der Waals surface area contributed by atoms with E-state index in [2.05, 4.69) is 15.1 Å². The minimum atomic E-state index is -0.758. The fourth-order valence-electron chi connectivity index (χ4n) is 4.90. The number of fused-ring (bicyclic) bond motifs is 1. The third-order valence-corrected chi connectivity index (χ3v) is 7.58. The Balaban J connectivity index is 1.26.